The summed E-state index contributed by atoms with van der Waals surface area (Å²) in [5, 5.41) is 23.8. The molecule has 100 valence electrons. The van der Waals surface area contributed by atoms with E-state index in [4.69, 9.17) is 5.26 Å². The van der Waals surface area contributed by atoms with Gasteiger partial charge in [-0.05, 0) is 37.0 Å². The number of anilines is 1. The molecule has 1 saturated carbocycles. The summed E-state index contributed by atoms with van der Waals surface area (Å²) >= 11 is 0. The lowest BCUT2D eigenvalue weighted by molar-refractivity contribution is -0.0287. The van der Waals surface area contributed by atoms with Crippen LogP contribution in [0.1, 0.15) is 24.8 Å². The van der Waals surface area contributed by atoms with Crippen molar-refractivity contribution in [2.75, 3.05) is 11.9 Å². The highest BCUT2D eigenvalue weighted by molar-refractivity contribution is 5.89. The Bertz CT molecular complexity index is 486. The molecule has 1 aliphatic rings. The van der Waals surface area contributed by atoms with E-state index in [0.717, 1.165) is 24.8 Å². The zero-order valence-electron chi connectivity index (χ0n) is 10.6. The number of aliphatic hydroxyl groups is 1. The maximum atomic E-state index is 11.6. The molecule has 0 atom stereocenters. The molecule has 1 aromatic carbocycles. The number of hydrogen-bond donors (Lipinski definition) is 3. The lowest BCUT2D eigenvalue weighted by atomic mass is 9.80. The van der Waals surface area contributed by atoms with Crippen LogP contribution in [0.2, 0.25) is 0 Å². The first-order valence-corrected chi connectivity index (χ1v) is 6.34. The zero-order valence-corrected chi connectivity index (χ0v) is 10.6. The molecular weight excluding hydrogens is 242 g/mol. The van der Waals surface area contributed by atoms with Gasteiger partial charge in [0.25, 0.3) is 0 Å². The van der Waals surface area contributed by atoms with Crippen molar-refractivity contribution in [2.24, 2.45) is 0 Å². The molecule has 0 aromatic heterocycles. The number of carbonyl (C=O) groups is 1. The third-order valence-corrected chi connectivity index (χ3v) is 3.36. The molecule has 0 aliphatic heterocycles. The van der Waals surface area contributed by atoms with Crippen molar-refractivity contribution in [1.29, 1.82) is 5.26 Å². The SMILES string of the molecule is N#CCc1ccc(NC(=O)NCC2(O)CCC2)cc1. The van der Waals surface area contributed by atoms with Crippen LogP contribution in [0.25, 0.3) is 0 Å². The van der Waals surface area contributed by atoms with E-state index in [9.17, 15) is 9.90 Å². The first-order valence-electron chi connectivity index (χ1n) is 6.34. The highest BCUT2D eigenvalue weighted by Crippen LogP contribution is 2.30. The van der Waals surface area contributed by atoms with Gasteiger partial charge in [-0.3, -0.25) is 0 Å². The topological polar surface area (TPSA) is 85.2 Å². The molecule has 5 heteroatoms. The van der Waals surface area contributed by atoms with Gasteiger partial charge < -0.3 is 15.7 Å². The number of nitrogens with one attached hydrogen (secondary N) is 2. The molecule has 0 unspecified atom stereocenters. The van der Waals surface area contributed by atoms with Crippen LogP contribution in [0, 0.1) is 11.3 Å². The second kappa shape index (κ2) is 5.72. The lowest BCUT2D eigenvalue weighted by Gasteiger charge is -2.36. The number of carbonyl (C=O) groups excluding carboxylic acids is 1. The number of hydrogen-bond acceptors (Lipinski definition) is 3. The van der Waals surface area contributed by atoms with E-state index >= 15 is 0 Å². The Kier molecular flexibility index (Phi) is 4.03. The van der Waals surface area contributed by atoms with Crippen molar-refractivity contribution >= 4 is 11.7 Å². The van der Waals surface area contributed by atoms with Gasteiger partial charge in [-0.1, -0.05) is 12.1 Å². The molecule has 2 amide bonds. The van der Waals surface area contributed by atoms with Gasteiger partial charge in [-0.2, -0.15) is 5.26 Å². The first-order chi connectivity index (χ1) is 9.11. The molecule has 2 rings (SSSR count). The second-order valence-electron chi connectivity index (χ2n) is 4.92. The fraction of sp³-hybridized carbons (Fsp3) is 0.429. The summed E-state index contributed by atoms with van der Waals surface area (Å²) in [6.45, 7) is 0.283. The number of nitrogens with zero attached hydrogens (tertiary/aromatic N) is 1. The van der Waals surface area contributed by atoms with Crippen molar-refractivity contribution in [1.82, 2.24) is 5.32 Å². The van der Waals surface area contributed by atoms with Gasteiger partial charge >= 0.3 is 6.03 Å². The highest BCUT2D eigenvalue weighted by Gasteiger charge is 2.34. The minimum absolute atomic E-state index is 0.283. The molecule has 1 fully saturated rings. The molecule has 3 N–H and O–H groups in total. The molecule has 1 aromatic rings. The van der Waals surface area contributed by atoms with Crippen molar-refractivity contribution in [2.45, 2.75) is 31.3 Å². The minimum Gasteiger partial charge on any atom is -0.388 e. The predicted octanol–water partition coefficient (Wildman–Crippen LogP) is 1.79. The molecular formula is C14H17N3O2. The summed E-state index contributed by atoms with van der Waals surface area (Å²) < 4.78 is 0. The molecule has 0 saturated heterocycles. The maximum absolute atomic E-state index is 11.6. The van der Waals surface area contributed by atoms with Gasteiger partial charge in [0.2, 0.25) is 0 Å². The Hall–Kier alpha value is -2.06. The van der Waals surface area contributed by atoms with Crippen molar-refractivity contribution in [3.63, 3.8) is 0 Å². The number of nitriles is 1. The largest absolute Gasteiger partial charge is 0.388 e. The van der Waals surface area contributed by atoms with Crippen LogP contribution in [0.3, 0.4) is 0 Å². The van der Waals surface area contributed by atoms with Crippen LogP contribution in [-0.2, 0) is 6.42 Å². The summed E-state index contributed by atoms with van der Waals surface area (Å²) in [7, 11) is 0. The van der Waals surface area contributed by atoms with E-state index < -0.39 is 5.60 Å². The molecule has 0 radical (unpaired) electrons. The van der Waals surface area contributed by atoms with E-state index in [1.165, 1.54) is 0 Å². The van der Waals surface area contributed by atoms with Crippen LogP contribution in [0.5, 0.6) is 0 Å². The number of urea groups is 1. The molecule has 0 bridgehead atoms. The van der Waals surface area contributed by atoms with Gasteiger partial charge in [0.15, 0.2) is 0 Å². The lowest BCUT2D eigenvalue weighted by Crippen LogP contribution is -2.48. The van der Waals surface area contributed by atoms with Crippen molar-refractivity contribution in [3.8, 4) is 6.07 Å². The van der Waals surface area contributed by atoms with Crippen LogP contribution >= 0.6 is 0 Å². The van der Waals surface area contributed by atoms with Gasteiger partial charge in [0, 0.05) is 12.2 Å². The average molecular weight is 259 g/mol. The summed E-state index contributed by atoms with van der Waals surface area (Å²) in [5.41, 5.74) is 0.866. The highest BCUT2D eigenvalue weighted by atomic mass is 16.3. The third kappa shape index (κ3) is 3.70. The third-order valence-electron chi connectivity index (χ3n) is 3.36. The average Bonchev–Trinajstić information content (AvgIpc) is 2.37. The summed E-state index contributed by atoms with van der Waals surface area (Å²) in [4.78, 5) is 11.6. The van der Waals surface area contributed by atoms with Crippen LogP contribution in [-0.4, -0.2) is 23.3 Å². The van der Waals surface area contributed by atoms with Crippen LogP contribution in [0.15, 0.2) is 24.3 Å². The van der Waals surface area contributed by atoms with E-state index in [-0.39, 0.29) is 12.6 Å². The Labute approximate surface area is 112 Å². The summed E-state index contributed by atoms with van der Waals surface area (Å²) in [6, 6.07) is 8.86. The summed E-state index contributed by atoms with van der Waals surface area (Å²) in [5.74, 6) is 0. The number of rotatable bonds is 4. The van der Waals surface area contributed by atoms with Gasteiger partial charge in [0.1, 0.15) is 0 Å². The van der Waals surface area contributed by atoms with E-state index in [1.54, 1.807) is 24.3 Å². The first kappa shape index (κ1) is 13.4. The quantitative estimate of drug-likeness (QED) is 0.770. The van der Waals surface area contributed by atoms with Crippen molar-refractivity contribution in [3.05, 3.63) is 29.8 Å². The molecule has 0 heterocycles. The monoisotopic (exact) mass is 259 g/mol. The molecule has 5 nitrogen and oxygen atoms in total. The van der Waals surface area contributed by atoms with Crippen LogP contribution < -0.4 is 10.6 Å². The van der Waals surface area contributed by atoms with Crippen molar-refractivity contribution < 1.29 is 9.90 Å². The van der Waals surface area contributed by atoms with E-state index in [2.05, 4.69) is 16.7 Å². The standard InChI is InChI=1S/C14H17N3O2/c15-9-6-11-2-4-12(5-3-11)17-13(18)16-10-14(19)7-1-8-14/h2-5,19H,1,6-8,10H2,(H2,16,17,18). The smallest absolute Gasteiger partial charge is 0.319 e. The summed E-state index contributed by atoms with van der Waals surface area (Å²) in [6.07, 6.45) is 2.87. The number of amides is 2. The number of benzene rings is 1. The van der Waals surface area contributed by atoms with Crippen LogP contribution in [0.4, 0.5) is 10.5 Å². The normalized spacial score (nSPS) is 16.0. The maximum Gasteiger partial charge on any atom is 0.319 e. The fourth-order valence-electron chi connectivity index (χ4n) is 1.98. The van der Waals surface area contributed by atoms with Gasteiger partial charge in [0.05, 0.1) is 18.1 Å². The van der Waals surface area contributed by atoms with E-state index in [1.807, 2.05) is 0 Å². The Morgan fingerprint density at radius 3 is 2.58 bits per heavy atom. The fourth-order valence-corrected chi connectivity index (χ4v) is 1.98. The molecule has 19 heavy (non-hydrogen) atoms. The Balaban J connectivity index is 1.80. The second-order valence-corrected chi connectivity index (χ2v) is 4.92. The van der Waals surface area contributed by atoms with E-state index in [0.29, 0.717) is 12.1 Å². The predicted molar refractivity (Wildman–Crippen MR) is 71.6 cm³/mol. The van der Waals surface area contributed by atoms with Gasteiger partial charge in [-0.25, -0.2) is 4.79 Å². The molecule has 1 aliphatic carbocycles. The Morgan fingerprint density at radius 2 is 2.05 bits per heavy atom. The minimum atomic E-state index is -0.714. The zero-order chi connectivity index (χ0) is 13.7. The molecule has 0 spiro atoms. The van der Waals surface area contributed by atoms with Gasteiger partial charge in [-0.15, -0.1) is 0 Å². The Morgan fingerprint density at radius 1 is 1.37 bits per heavy atom.